The van der Waals surface area contributed by atoms with Crippen molar-refractivity contribution in [2.45, 2.75) is 0 Å². The van der Waals surface area contributed by atoms with Gasteiger partial charge in [0, 0.05) is 12.4 Å². The van der Waals surface area contributed by atoms with Crippen LogP contribution in [0.15, 0.2) is 42.7 Å². The van der Waals surface area contributed by atoms with Crippen molar-refractivity contribution in [2.24, 2.45) is 0 Å². The molecular weight excluding hydrogens is 290 g/mol. The fourth-order valence-electron chi connectivity index (χ4n) is 1.88. The molecule has 21 heavy (non-hydrogen) atoms. The molecule has 0 unspecified atom stereocenters. The maximum Gasteiger partial charge on any atom is 0.345 e. The number of aromatic nitrogens is 2. The molecule has 0 fully saturated rings. The Hall–Kier alpha value is -2.80. The number of aromatic carboxylic acids is 1. The normalized spacial score (nSPS) is 10.5. The Balaban J connectivity index is 1.91. The third-order valence-electron chi connectivity index (χ3n) is 2.80. The van der Waals surface area contributed by atoms with Crippen LogP contribution in [-0.2, 0) is 0 Å². The van der Waals surface area contributed by atoms with Gasteiger partial charge in [-0.1, -0.05) is 6.07 Å². The number of rotatable bonds is 3. The number of nitrogens with one attached hydrogen (secondary N) is 1. The van der Waals surface area contributed by atoms with E-state index in [-0.39, 0.29) is 10.8 Å². The number of carboxylic acid groups (broad SMARTS) is 1. The second-order valence-electron chi connectivity index (χ2n) is 4.15. The Labute approximate surface area is 123 Å². The number of hydrogen-bond acceptors (Lipinski definition) is 5. The minimum atomic E-state index is -1.02. The molecule has 1 amide bonds. The molecule has 6 nitrogen and oxygen atoms in total. The van der Waals surface area contributed by atoms with E-state index in [0.29, 0.717) is 21.6 Å². The first-order chi connectivity index (χ1) is 10.1. The summed E-state index contributed by atoms with van der Waals surface area (Å²) in [6.07, 6.45) is 3.08. The SMILES string of the molecule is O=C(O)c1ccc(NC(=O)c2cccc3nccnc23)s1. The van der Waals surface area contributed by atoms with Crippen LogP contribution in [-0.4, -0.2) is 27.0 Å². The number of hydrogen-bond donors (Lipinski definition) is 2. The summed E-state index contributed by atoms with van der Waals surface area (Å²) in [4.78, 5) is 31.6. The van der Waals surface area contributed by atoms with Crippen molar-refractivity contribution in [2.75, 3.05) is 5.32 Å². The topological polar surface area (TPSA) is 92.2 Å². The number of benzene rings is 1. The Bertz CT molecular complexity index is 839. The third-order valence-corrected chi connectivity index (χ3v) is 3.79. The molecule has 0 spiro atoms. The highest BCUT2D eigenvalue weighted by atomic mass is 32.1. The molecule has 1 aromatic carbocycles. The first-order valence-electron chi connectivity index (χ1n) is 5.99. The number of carbonyl (C=O) groups excluding carboxylic acids is 1. The maximum absolute atomic E-state index is 12.3. The van der Waals surface area contributed by atoms with Crippen molar-refractivity contribution in [3.05, 3.63) is 53.2 Å². The smallest absolute Gasteiger partial charge is 0.345 e. The van der Waals surface area contributed by atoms with Crippen LogP contribution < -0.4 is 5.32 Å². The Kier molecular flexibility index (Phi) is 3.33. The van der Waals surface area contributed by atoms with Crippen LogP contribution in [0.3, 0.4) is 0 Å². The van der Waals surface area contributed by atoms with Crippen LogP contribution in [0.5, 0.6) is 0 Å². The summed E-state index contributed by atoms with van der Waals surface area (Å²) in [6.45, 7) is 0. The number of thiophene rings is 1. The molecule has 0 aliphatic carbocycles. The van der Waals surface area contributed by atoms with Gasteiger partial charge >= 0.3 is 5.97 Å². The standard InChI is InChI=1S/C14H9N3O3S/c18-13(17-11-5-4-10(21-11)14(19)20)8-2-1-3-9-12(8)16-7-6-15-9/h1-7H,(H,17,18)(H,19,20). The molecule has 0 saturated carbocycles. The van der Waals surface area contributed by atoms with Crippen LogP contribution in [0.2, 0.25) is 0 Å². The summed E-state index contributed by atoms with van der Waals surface area (Å²) in [5.41, 5.74) is 1.53. The molecule has 2 N–H and O–H groups in total. The molecule has 0 saturated heterocycles. The van der Waals surface area contributed by atoms with Crippen LogP contribution >= 0.6 is 11.3 Å². The van der Waals surface area contributed by atoms with Crippen LogP contribution in [0.1, 0.15) is 20.0 Å². The van der Waals surface area contributed by atoms with E-state index in [9.17, 15) is 9.59 Å². The predicted molar refractivity (Wildman–Crippen MR) is 78.8 cm³/mol. The zero-order chi connectivity index (χ0) is 14.8. The zero-order valence-corrected chi connectivity index (χ0v) is 11.4. The average Bonchev–Trinajstić information content (AvgIpc) is 2.95. The first-order valence-corrected chi connectivity index (χ1v) is 6.81. The number of fused-ring (bicyclic) bond motifs is 1. The lowest BCUT2D eigenvalue weighted by molar-refractivity contribution is 0.0702. The summed E-state index contributed by atoms with van der Waals surface area (Å²) >= 11 is 1.00. The van der Waals surface area contributed by atoms with Gasteiger partial charge in [-0.2, -0.15) is 0 Å². The highest BCUT2D eigenvalue weighted by molar-refractivity contribution is 7.18. The highest BCUT2D eigenvalue weighted by Gasteiger charge is 2.14. The molecule has 3 aromatic rings. The van der Waals surface area contributed by atoms with E-state index in [4.69, 9.17) is 5.11 Å². The van der Waals surface area contributed by atoms with Crippen molar-refractivity contribution >= 4 is 39.2 Å². The summed E-state index contributed by atoms with van der Waals surface area (Å²) in [6, 6.07) is 8.15. The van der Waals surface area contributed by atoms with Gasteiger partial charge in [0.1, 0.15) is 10.4 Å². The molecule has 7 heteroatoms. The van der Waals surface area contributed by atoms with Crippen molar-refractivity contribution in [1.29, 1.82) is 0 Å². The van der Waals surface area contributed by atoms with Gasteiger partial charge < -0.3 is 10.4 Å². The largest absolute Gasteiger partial charge is 0.477 e. The number of carboxylic acids is 1. The van der Waals surface area contributed by atoms with E-state index in [2.05, 4.69) is 15.3 Å². The second kappa shape index (κ2) is 5.29. The fraction of sp³-hybridized carbons (Fsp3) is 0. The van der Waals surface area contributed by atoms with Crippen LogP contribution in [0.4, 0.5) is 5.00 Å². The summed E-state index contributed by atoms with van der Waals surface area (Å²) in [7, 11) is 0. The number of para-hydroxylation sites is 1. The Morgan fingerprint density at radius 3 is 2.67 bits per heavy atom. The van der Waals surface area contributed by atoms with Gasteiger partial charge in [-0.15, -0.1) is 11.3 Å². The average molecular weight is 299 g/mol. The summed E-state index contributed by atoms with van der Waals surface area (Å²) in [5.74, 6) is -1.36. The van der Waals surface area contributed by atoms with Gasteiger partial charge in [-0.05, 0) is 24.3 Å². The van der Waals surface area contributed by atoms with E-state index < -0.39 is 5.97 Å². The van der Waals surface area contributed by atoms with E-state index in [1.165, 1.54) is 12.3 Å². The Morgan fingerprint density at radius 1 is 1.10 bits per heavy atom. The lowest BCUT2D eigenvalue weighted by atomic mass is 10.1. The molecule has 0 aliphatic heterocycles. The third kappa shape index (κ3) is 2.59. The minimum Gasteiger partial charge on any atom is -0.477 e. The van der Waals surface area contributed by atoms with Gasteiger partial charge in [0.05, 0.1) is 16.1 Å². The van der Waals surface area contributed by atoms with Crippen LogP contribution in [0.25, 0.3) is 11.0 Å². The molecule has 3 rings (SSSR count). The minimum absolute atomic E-state index is 0.169. The van der Waals surface area contributed by atoms with Gasteiger partial charge in [-0.25, -0.2) is 4.79 Å². The Morgan fingerprint density at radius 2 is 1.90 bits per heavy atom. The van der Waals surface area contributed by atoms with Crippen molar-refractivity contribution in [3.8, 4) is 0 Å². The molecular formula is C14H9N3O3S. The number of carbonyl (C=O) groups is 2. The number of amides is 1. The molecule has 0 aliphatic rings. The molecule has 2 aromatic heterocycles. The van der Waals surface area contributed by atoms with E-state index in [0.717, 1.165) is 11.3 Å². The lowest BCUT2D eigenvalue weighted by Crippen LogP contribution is -2.12. The molecule has 0 radical (unpaired) electrons. The molecule has 2 heterocycles. The highest BCUT2D eigenvalue weighted by Crippen LogP contribution is 2.23. The molecule has 0 bridgehead atoms. The van der Waals surface area contributed by atoms with Crippen molar-refractivity contribution in [3.63, 3.8) is 0 Å². The summed E-state index contributed by atoms with van der Waals surface area (Å²) < 4.78 is 0. The lowest BCUT2D eigenvalue weighted by Gasteiger charge is -2.05. The van der Waals surface area contributed by atoms with Crippen molar-refractivity contribution in [1.82, 2.24) is 9.97 Å². The molecule has 0 atom stereocenters. The number of nitrogens with zero attached hydrogens (tertiary/aromatic N) is 2. The van der Waals surface area contributed by atoms with Crippen LogP contribution in [0, 0.1) is 0 Å². The van der Waals surface area contributed by atoms with Gasteiger partial charge in [-0.3, -0.25) is 14.8 Å². The van der Waals surface area contributed by atoms with Crippen molar-refractivity contribution < 1.29 is 14.7 Å². The zero-order valence-electron chi connectivity index (χ0n) is 10.6. The van der Waals surface area contributed by atoms with E-state index in [1.807, 2.05) is 0 Å². The fourth-order valence-corrected chi connectivity index (χ4v) is 2.62. The maximum atomic E-state index is 12.3. The molecule has 104 valence electrons. The second-order valence-corrected chi connectivity index (χ2v) is 5.24. The van der Waals surface area contributed by atoms with E-state index >= 15 is 0 Å². The van der Waals surface area contributed by atoms with Gasteiger partial charge in [0.25, 0.3) is 5.91 Å². The summed E-state index contributed by atoms with van der Waals surface area (Å²) in [5, 5.41) is 12.0. The van der Waals surface area contributed by atoms with Gasteiger partial charge in [0.15, 0.2) is 0 Å². The number of anilines is 1. The first kappa shape index (κ1) is 13.2. The van der Waals surface area contributed by atoms with E-state index in [1.54, 1.807) is 30.5 Å². The van der Waals surface area contributed by atoms with Gasteiger partial charge in [0.2, 0.25) is 0 Å². The monoisotopic (exact) mass is 299 g/mol. The quantitative estimate of drug-likeness (QED) is 0.775. The predicted octanol–water partition coefficient (Wildman–Crippen LogP) is 2.64.